The molecule has 5 nitrogen and oxygen atoms in total. The number of nitrogen functional groups attached to an aromatic ring is 1. The lowest BCUT2D eigenvalue weighted by Crippen LogP contribution is -2.31. The van der Waals surface area contributed by atoms with Gasteiger partial charge in [-0.3, -0.25) is 4.79 Å². The summed E-state index contributed by atoms with van der Waals surface area (Å²) in [6.07, 6.45) is 2.34. The SMILES string of the molecule is C=CCNC(=O)C(C)Sc1nc(N)c(-c2ccc(Cl)cc2)c(CC)n1. The molecule has 132 valence electrons. The zero-order valence-electron chi connectivity index (χ0n) is 14.3. The van der Waals surface area contributed by atoms with Gasteiger partial charge in [0, 0.05) is 17.1 Å². The molecular formula is C18H21ClN4OS. The third kappa shape index (κ3) is 4.96. The van der Waals surface area contributed by atoms with E-state index in [2.05, 4.69) is 21.9 Å². The summed E-state index contributed by atoms with van der Waals surface area (Å²) in [6.45, 7) is 7.83. The summed E-state index contributed by atoms with van der Waals surface area (Å²) in [7, 11) is 0. The number of aryl methyl sites for hydroxylation is 1. The van der Waals surface area contributed by atoms with E-state index in [-0.39, 0.29) is 11.2 Å². The molecule has 0 aliphatic rings. The van der Waals surface area contributed by atoms with Crippen molar-refractivity contribution in [2.45, 2.75) is 30.7 Å². The van der Waals surface area contributed by atoms with Crippen LogP contribution in [0.25, 0.3) is 11.1 Å². The van der Waals surface area contributed by atoms with Crippen molar-refractivity contribution in [1.29, 1.82) is 0 Å². The average molecular weight is 377 g/mol. The maximum Gasteiger partial charge on any atom is 0.233 e. The lowest BCUT2D eigenvalue weighted by Gasteiger charge is -2.14. The number of nitrogens with one attached hydrogen (secondary N) is 1. The van der Waals surface area contributed by atoms with E-state index in [1.807, 2.05) is 31.2 Å². The lowest BCUT2D eigenvalue weighted by molar-refractivity contribution is -0.120. The second-order valence-electron chi connectivity index (χ2n) is 5.37. The average Bonchev–Trinajstić information content (AvgIpc) is 2.60. The van der Waals surface area contributed by atoms with Crippen LogP contribution in [0.2, 0.25) is 5.02 Å². The predicted octanol–water partition coefficient (Wildman–Crippen LogP) is 3.72. The summed E-state index contributed by atoms with van der Waals surface area (Å²) in [5.74, 6) is 0.308. The van der Waals surface area contributed by atoms with Crippen molar-refractivity contribution in [3.8, 4) is 11.1 Å². The number of hydrogen-bond acceptors (Lipinski definition) is 5. The molecule has 0 bridgehead atoms. The van der Waals surface area contributed by atoms with Crippen molar-refractivity contribution in [2.24, 2.45) is 0 Å². The van der Waals surface area contributed by atoms with Crippen molar-refractivity contribution < 1.29 is 4.79 Å². The highest BCUT2D eigenvalue weighted by Gasteiger charge is 2.18. The van der Waals surface area contributed by atoms with Gasteiger partial charge in [-0.25, -0.2) is 9.97 Å². The molecule has 7 heteroatoms. The third-order valence-corrected chi connectivity index (χ3v) is 4.74. The van der Waals surface area contributed by atoms with Gasteiger partial charge in [0.1, 0.15) is 5.82 Å². The Morgan fingerprint density at radius 2 is 2.08 bits per heavy atom. The molecule has 2 aromatic rings. The first-order chi connectivity index (χ1) is 12.0. The highest BCUT2D eigenvalue weighted by Crippen LogP contribution is 2.31. The molecule has 1 heterocycles. The molecule has 1 unspecified atom stereocenters. The van der Waals surface area contributed by atoms with Crippen molar-refractivity contribution in [3.05, 3.63) is 47.6 Å². The minimum absolute atomic E-state index is 0.0908. The minimum Gasteiger partial charge on any atom is -0.383 e. The first kappa shape index (κ1) is 19.3. The van der Waals surface area contributed by atoms with Gasteiger partial charge in [0.15, 0.2) is 5.16 Å². The molecule has 3 N–H and O–H groups in total. The Labute approximate surface area is 157 Å². The summed E-state index contributed by atoms with van der Waals surface area (Å²) in [6, 6.07) is 7.42. The van der Waals surface area contributed by atoms with Crippen LogP contribution in [0, 0.1) is 0 Å². The van der Waals surface area contributed by atoms with Crippen LogP contribution in [0.15, 0.2) is 42.1 Å². The molecule has 0 fully saturated rings. The lowest BCUT2D eigenvalue weighted by atomic mass is 10.0. The molecule has 1 aromatic heterocycles. The molecule has 0 spiro atoms. The van der Waals surface area contributed by atoms with Crippen LogP contribution in [0.5, 0.6) is 0 Å². The smallest absolute Gasteiger partial charge is 0.233 e. The summed E-state index contributed by atoms with van der Waals surface area (Å²) in [4.78, 5) is 21.0. The molecule has 0 saturated heterocycles. The highest BCUT2D eigenvalue weighted by molar-refractivity contribution is 8.00. The molecular weight excluding hydrogens is 356 g/mol. The molecule has 0 aliphatic carbocycles. The van der Waals surface area contributed by atoms with E-state index in [4.69, 9.17) is 17.3 Å². The summed E-state index contributed by atoms with van der Waals surface area (Å²) in [5, 5.41) is 3.59. The van der Waals surface area contributed by atoms with Crippen molar-refractivity contribution >= 4 is 35.1 Å². The Morgan fingerprint density at radius 1 is 1.40 bits per heavy atom. The second-order valence-corrected chi connectivity index (χ2v) is 7.11. The van der Waals surface area contributed by atoms with Crippen molar-refractivity contribution in [3.63, 3.8) is 0 Å². The Morgan fingerprint density at radius 3 is 2.68 bits per heavy atom. The Kier molecular flexibility index (Phi) is 6.84. The normalized spacial score (nSPS) is 11.8. The number of thioether (sulfide) groups is 1. The van der Waals surface area contributed by atoms with Crippen LogP contribution >= 0.6 is 23.4 Å². The largest absolute Gasteiger partial charge is 0.383 e. The summed E-state index contributed by atoms with van der Waals surface area (Å²) in [5.41, 5.74) is 8.77. The van der Waals surface area contributed by atoms with Gasteiger partial charge in [-0.05, 0) is 31.0 Å². The standard InChI is InChI=1S/C18H21ClN4OS/c1-4-10-21-17(24)11(3)25-18-22-14(5-2)15(16(20)23-18)12-6-8-13(19)9-7-12/h4,6-9,11H,1,5,10H2,2-3H3,(H,21,24)(H2,20,22,23). The number of amides is 1. The van der Waals surface area contributed by atoms with E-state index in [0.717, 1.165) is 16.8 Å². The van der Waals surface area contributed by atoms with Gasteiger partial charge < -0.3 is 11.1 Å². The minimum atomic E-state index is -0.328. The van der Waals surface area contributed by atoms with E-state index in [1.54, 1.807) is 13.0 Å². The number of aromatic nitrogens is 2. The van der Waals surface area contributed by atoms with Gasteiger partial charge in [-0.1, -0.05) is 48.5 Å². The Bertz CT molecular complexity index is 764. The quantitative estimate of drug-likeness (QED) is 0.437. The number of halogens is 1. The van der Waals surface area contributed by atoms with Gasteiger partial charge in [0.2, 0.25) is 5.91 Å². The third-order valence-electron chi connectivity index (χ3n) is 3.53. The van der Waals surface area contributed by atoms with Crippen molar-refractivity contribution in [1.82, 2.24) is 15.3 Å². The molecule has 1 amide bonds. The van der Waals surface area contributed by atoms with E-state index in [0.29, 0.717) is 29.0 Å². The van der Waals surface area contributed by atoms with Gasteiger partial charge in [0.25, 0.3) is 0 Å². The van der Waals surface area contributed by atoms with E-state index in [1.165, 1.54) is 11.8 Å². The fourth-order valence-corrected chi connectivity index (χ4v) is 3.22. The predicted molar refractivity (Wildman–Crippen MR) is 105 cm³/mol. The van der Waals surface area contributed by atoms with Crippen LogP contribution in [-0.4, -0.2) is 27.7 Å². The van der Waals surface area contributed by atoms with Gasteiger partial charge in [0.05, 0.1) is 10.9 Å². The molecule has 0 radical (unpaired) electrons. The van der Waals surface area contributed by atoms with E-state index < -0.39 is 0 Å². The number of anilines is 1. The number of carbonyl (C=O) groups excluding carboxylic acids is 1. The fourth-order valence-electron chi connectivity index (χ4n) is 2.27. The van der Waals surface area contributed by atoms with Gasteiger partial charge >= 0.3 is 0 Å². The zero-order chi connectivity index (χ0) is 18.4. The first-order valence-corrected chi connectivity index (χ1v) is 9.19. The second kappa shape index (κ2) is 8.87. The van der Waals surface area contributed by atoms with Crippen LogP contribution in [-0.2, 0) is 11.2 Å². The molecule has 0 aliphatic heterocycles. The first-order valence-electron chi connectivity index (χ1n) is 7.93. The van der Waals surface area contributed by atoms with Crippen LogP contribution in [0.4, 0.5) is 5.82 Å². The summed E-state index contributed by atoms with van der Waals surface area (Å²) >= 11 is 7.23. The number of hydrogen-bond donors (Lipinski definition) is 2. The molecule has 25 heavy (non-hydrogen) atoms. The molecule has 1 aromatic carbocycles. The van der Waals surface area contributed by atoms with E-state index >= 15 is 0 Å². The number of benzene rings is 1. The maximum absolute atomic E-state index is 12.0. The molecule has 2 rings (SSSR count). The van der Waals surface area contributed by atoms with Crippen LogP contribution in [0.1, 0.15) is 19.5 Å². The van der Waals surface area contributed by atoms with Crippen LogP contribution in [0.3, 0.4) is 0 Å². The number of carbonyl (C=O) groups is 1. The highest BCUT2D eigenvalue weighted by atomic mass is 35.5. The number of rotatable bonds is 7. The summed E-state index contributed by atoms with van der Waals surface area (Å²) < 4.78 is 0. The molecule has 0 saturated carbocycles. The van der Waals surface area contributed by atoms with Gasteiger partial charge in [-0.2, -0.15) is 0 Å². The van der Waals surface area contributed by atoms with E-state index in [9.17, 15) is 4.79 Å². The van der Waals surface area contributed by atoms with Crippen LogP contribution < -0.4 is 11.1 Å². The van der Waals surface area contributed by atoms with Gasteiger partial charge in [-0.15, -0.1) is 6.58 Å². The monoisotopic (exact) mass is 376 g/mol. The number of nitrogens with two attached hydrogens (primary N) is 1. The number of nitrogens with zero attached hydrogens (tertiary/aromatic N) is 2. The topological polar surface area (TPSA) is 80.9 Å². The van der Waals surface area contributed by atoms with Crippen molar-refractivity contribution in [2.75, 3.05) is 12.3 Å². The molecule has 1 atom stereocenters. The maximum atomic E-state index is 12.0. The fraction of sp³-hybridized carbons (Fsp3) is 0.278. The Balaban J connectivity index is 2.28. The zero-order valence-corrected chi connectivity index (χ0v) is 15.8. The Hall–Kier alpha value is -2.05.